The highest BCUT2D eigenvalue weighted by Gasteiger charge is 2.39. The number of imidazole rings is 2. The van der Waals surface area contributed by atoms with Gasteiger partial charge in [0.05, 0.1) is 44.4 Å². The number of hydrogen-bond acceptors (Lipinski definition) is 10. The smallest absolute Gasteiger partial charge is 0.407 e. The fourth-order valence-electron chi connectivity index (χ4n) is 7.84. The molecule has 2 aromatic heterocycles. The van der Waals surface area contributed by atoms with E-state index in [9.17, 15) is 24.0 Å². The van der Waals surface area contributed by atoms with Crippen LogP contribution in [0.15, 0.2) is 36.7 Å². The molecule has 302 valence electrons. The highest BCUT2D eigenvalue weighted by molar-refractivity contribution is 5.92. The van der Waals surface area contributed by atoms with Gasteiger partial charge >= 0.3 is 12.2 Å². The Hall–Kier alpha value is -5.61. The van der Waals surface area contributed by atoms with Gasteiger partial charge < -0.3 is 49.7 Å². The zero-order valence-corrected chi connectivity index (χ0v) is 33.0. The highest BCUT2D eigenvalue weighted by Crippen LogP contribution is 2.34. The van der Waals surface area contributed by atoms with E-state index < -0.39 is 24.3 Å². The molecule has 4 unspecified atom stereocenters. The number of alkyl carbamates (subject to hydrolysis) is 2. The Morgan fingerprint density at radius 1 is 0.696 bits per heavy atom. The lowest BCUT2D eigenvalue weighted by molar-refractivity contribution is -0.136. The zero-order valence-electron chi connectivity index (χ0n) is 33.0. The predicted molar refractivity (Wildman–Crippen MR) is 206 cm³/mol. The minimum Gasteiger partial charge on any atom is -0.453 e. The van der Waals surface area contributed by atoms with Gasteiger partial charge in [0, 0.05) is 45.0 Å². The van der Waals surface area contributed by atoms with Crippen molar-refractivity contribution in [1.82, 2.24) is 45.3 Å². The van der Waals surface area contributed by atoms with Gasteiger partial charge in [0.2, 0.25) is 11.8 Å². The molecule has 0 spiro atoms. The number of anilines is 1. The first-order valence-electron chi connectivity index (χ1n) is 19.4. The van der Waals surface area contributed by atoms with Crippen LogP contribution in [0.4, 0.5) is 15.3 Å². The third-order valence-corrected chi connectivity index (χ3v) is 11.0. The fourth-order valence-corrected chi connectivity index (χ4v) is 7.84. The standard InChI is InChI=1S/C39H54N10O7/c1-23(2)31(44-38(53)55-5)36(51)48-15-7-9-29(48)33-40-21-27(42-33)25-11-13-26(14-12-25)46-17-19-47(20-18-46)35(50)28-22-41-34(43-28)30-10-8-16-49(30)37(52)32(24(3)4)45-39(54)56-6/h11-14,21-24,29-32H,7-10,15-20H2,1-6H3,(H,40,42)(H,41,43)(H,44,53)(H,45,54). The van der Waals surface area contributed by atoms with Crippen LogP contribution in [0.25, 0.3) is 11.3 Å². The maximum Gasteiger partial charge on any atom is 0.407 e. The SMILES string of the molecule is COC(=O)NC(C(=O)N1CCCC1c1ncc(C(=O)N2CCN(c3ccc(-c4cnc(C5CCCN5C(=O)C(NC(=O)OC)C(C)C)[nH]4)cc3)CC2)[nH]1)C(C)C. The number of nitrogens with one attached hydrogen (secondary N) is 4. The number of rotatable bonds is 11. The molecule has 3 saturated heterocycles. The molecule has 1 aromatic carbocycles. The van der Waals surface area contributed by atoms with E-state index in [-0.39, 0.29) is 41.6 Å². The summed E-state index contributed by atoms with van der Waals surface area (Å²) in [4.78, 5) is 87.8. The molecule has 0 bridgehead atoms. The van der Waals surface area contributed by atoms with Crippen LogP contribution in [-0.2, 0) is 19.1 Å². The molecule has 3 aromatic rings. The Bertz CT molecular complexity index is 1870. The molecular weight excluding hydrogens is 720 g/mol. The average Bonchev–Trinajstić information content (AvgIpc) is 4.05. The number of piperazine rings is 1. The summed E-state index contributed by atoms with van der Waals surface area (Å²) in [7, 11) is 2.55. The van der Waals surface area contributed by atoms with Crippen LogP contribution in [0.1, 0.15) is 87.6 Å². The normalized spacial score (nSPS) is 19.6. The monoisotopic (exact) mass is 774 g/mol. The lowest BCUT2D eigenvalue weighted by Crippen LogP contribution is -2.51. The third kappa shape index (κ3) is 8.60. The molecule has 56 heavy (non-hydrogen) atoms. The zero-order chi connectivity index (χ0) is 40.1. The summed E-state index contributed by atoms with van der Waals surface area (Å²) in [6.07, 6.45) is 5.14. The van der Waals surface area contributed by atoms with Crippen molar-refractivity contribution in [2.24, 2.45) is 11.8 Å². The van der Waals surface area contributed by atoms with Crippen molar-refractivity contribution in [2.75, 3.05) is 58.4 Å². The van der Waals surface area contributed by atoms with Crippen molar-refractivity contribution in [3.05, 3.63) is 54.0 Å². The van der Waals surface area contributed by atoms with E-state index in [0.717, 1.165) is 36.2 Å². The Balaban J connectivity index is 1.03. The fraction of sp³-hybridized carbons (Fsp3) is 0.564. The molecule has 4 atom stereocenters. The van der Waals surface area contributed by atoms with E-state index in [1.807, 2.05) is 44.7 Å². The summed E-state index contributed by atoms with van der Waals surface area (Å²) in [6.45, 7) is 11.0. The molecule has 5 heterocycles. The van der Waals surface area contributed by atoms with Crippen LogP contribution < -0.4 is 15.5 Å². The lowest BCUT2D eigenvalue weighted by atomic mass is 10.0. The van der Waals surface area contributed by atoms with Crippen LogP contribution in [0.5, 0.6) is 0 Å². The summed E-state index contributed by atoms with van der Waals surface area (Å²) in [5.74, 6) is 0.522. The van der Waals surface area contributed by atoms with Crippen LogP contribution in [0.2, 0.25) is 0 Å². The number of methoxy groups -OCH3 is 2. The van der Waals surface area contributed by atoms with Gasteiger partial charge in [-0.2, -0.15) is 0 Å². The van der Waals surface area contributed by atoms with Crippen molar-refractivity contribution < 1.29 is 33.4 Å². The summed E-state index contributed by atoms with van der Waals surface area (Å²) < 4.78 is 9.48. The lowest BCUT2D eigenvalue weighted by Gasteiger charge is -2.36. The van der Waals surface area contributed by atoms with E-state index in [2.05, 4.69) is 47.6 Å². The maximum atomic E-state index is 13.6. The van der Waals surface area contributed by atoms with Gasteiger partial charge in [-0.25, -0.2) is 19.6 Å². The van der Waals surface area contributed by atoms with Gasteiger partial charge in [0.1, 0.15) is 29.4 Å². The molecule has 5 amide bonds. The maximum absolute atomic E-state index is 13.6. The molecular formula is C39H54N10O7. The Kier molecular flexibility index (Phi) is 12.5. The number of benzene rings is 1. The highest BCUT2D eigenvalue weighted by atomic mass is 16.5. The van der Waals surface area contributed by atoms with Crippen LogP contribution in [0, 0.1) is 11.8 Å². The van der Waals surface area contributed by atoms with Crippen molar-refractivity contribution in [1.29, 1.82) is 0 Å². The summed E-state index contributed by atoms with van der Waals surface area (Å²) >= 11 is 0. The van der Waals surface area contributed by atoms with Crippen molar-refractivity contribution >= 4 is 35.6 Å². The molecule has 4 N–H and O–H groups in total. The van der Waals surface area contributed by atoms with Gasteiger partial charge in [0.25, 0.3) is 5.91 Å². The number of aromatic amines is 2. The number of hydrogen-bond donors (Lipinski definition) is 4. The molecule has 0 saturated carbocycles. The molecule has 6 rings (SSSR count). The molecule has 0 aliphatic carbocycles. The second-order valence-electron chi connectivity index (χ2n) is 15.3. The Morgan fingerprint density at radius 3 is 1.70 bits per heavy atom. The number of H-pyrrole nitrogens is 2. The van der Waals surface area contributed by atoms with Crippen LogP contribution >= 0.6 is 0 Å². The molecule has 3 fully saturated rings. The second-order valence-corrected chi connectivity index (χ2v) is 15.3. The molecule has 3 aliphatic heterocycles. The number of amides is 5. The van der Waals surface area contributed by atoms with Crippen LogP contribution in [-0.4, -0.2) is 130 Å². The first kappa shape index (κ1) is 40.1. The minimum atomic E-state index is -0.737. The van der Waals surface area contributed by atoms with E-state index in [1.54, 1.807) is 22.2 Å². The summed E-state index contributed by atoms with van der Waals surface area (Å²) in [5.41, 5.74) is 3.23. The Labute approximate surface area is 326 Å². The average molecular weight is 775 g/mol. The molecule has 3 aliphatic rings. The minimum absolute atomic E-state index is 0.113. The molecule has 17 heteroatoms. The number of ether oxygens (including phenoxy) is 2. The first-order valence-corrected chi connectivity index (χ1v) is 19.4. The van der Waals surface area contributed by atoms with Gasteiger partial charge in [0.15, 0.2) is 0 Å². The number of likely N-dealkylation sites (tertiary alicyclic amines) is 2. The number of carbonyl (C=O) groups is 5. The van der Waals surface area contributed by atoms with E-state index in [4.69, 9.17) is 9.47 Å². The van der Waals surface area contributed by atoms with E-state index in [0.29, 0.717) is 63.0 Å². The summed E-state index contributed by atoms with van der Waals surface area (Å²) in [6, 6.07) is 6.22. The van der Waals surface area contributed by atoms with E-state index >= 15 is 0 Å². The van der Waals surface area contributed by atoms with Crippen molar-refractivity contribution in [3.63, 3.8) is 0 Å². The van der Waals surface area contributed by atoms with Gasteiger partial charge in [-0.1, -0.05) is 39.8 Å². The Morgan fingerprint density at radius 2 is 1.20 bits per heavy atom. The second kappa shape index (κ2) is 17.5. The largest absolute Gasteiger partial charge is 0.453 e. The first-order chi connectivity index (χ1) is 26.9. The van der Waals surface area contributed by atoms with Gasteiger partial charge in [-0.3, -0.25) is 14.4 Å². The molecule has 0 radical (unpaired) electrons. The van der Waals surface area contributed by atoms with Crippen molar-refractivity contribution in [2.45, 2.75) is 77.5 Å². The molecule has 17 nitrogen and oxygen atoms in total. The number of carbonyl (C=O) groups excluding carboxylic acids is 5. The topological polar surface area (TPSA) is 198 Å². The summed E-state index contributed by atoms with van der Waals surface area (Å²) in [5, 5.41) is 5.34. The van der Waals surface area contributed by atoms with Crippen molar-refractivity contribution in [3.8, 4) is 11.3 Å². The number of nitrogens with zero attached hydrogens (tertiary/aromatic N) is 6. The van der Waals surface area contributed by atoms with Gasteiger partial charge in [-0.05, 0) is 55.2 Å². The van der Waals surface area contributed by atoms with E-state index in [1.165, 1.54) is 14.2 Å². The quantitative estimate of drug-likeness (QED) is 0.222. The van der Waals surface area contributed by atoms with Crippen LogP contribution in [0.3, 0.4) is 0 Å². The third-order valence-electron chi connectivity index (χ3n) is 11.0. The predicted octanol–water partition coefficient (Wildman–Crippen LogP) is 3.85. The van der Waals surface area contributed by atoms with Gasteiger partial charge in [-0.15, -0.1) is 0 Å². The number of aromatic nitrogens is 4.